The monoisotopic (exact) mass is 324 g/mol. The van der Waals surface area contributed by atoms with Gasteiger partial charge in [-0.15, -0.1) is 0 Å². The van der Waals surface area contributed by atoms with Crippen LogP contribution < -0.4 is 0 Å². The van der Waals surface area contributed by atoms with Crippen molar-refractivity contribution in [3.63, 3.8) is 0 Å². The van der Waals surface area contributed by atoms with Crippen molar-refractivity contribution in [2.45, 2.75) is 19.4 Å². The van der Waals surface area contributed by atoms with Crippen LogP contribution in [0, 0.1) is 0 Å². The lowest BCUT2D eigenvalue weighted by atomic mass is 9.99. The summed E-state index contributed by atoms with van der Waals surface area (Å²) in [6.07, 6.45) is 0. The van der Waals surface area contributed by atoms with Gasteiger partial charge in [0.15, 0.2) is 5.78 Å². The average Bonchev–Trinajstić information content (AvgIpc) is 2.33. The zero-order valence-electron chi connectivity index (χ0n) is 11.8. The van der Waals surface area contributed by atoms with E-state index in [0.29, 0.717) is 6.54 Å². The first-order valence-electron chi connectivity index (χ1n) is 6.61. The molecule has 0 atom stereocenters. The SMILES string of the molecule is CN1CCN(CC(=O)c2cccc(Br)c2)CC1(C)C. The Morgan fingerprint density at radius 2 is 2.11 bits per heavy atom. The number of rotatable bonds is 3. The van der Waals surface area contributed by atoms with Crippen molar-refractivity contribution in [1.82, 2.24) is 9.80 Å². The summed E-state index contributed by atoms with van der Waals surface area (Å²) in [6.45, 7) is 7.86. The molecule has 1 aromatic rings. The molecule has 1 aliphatic rings. The van der Waals surface area contributed by atoms with Gasteiger partial charge in [-0.1, -0.05) is 28.1 Å². The number of halogens is 1. The third kappa shape index (κ3) is 3.65. The molecule has 104 valence electrons. The Morgan fingerprint density at radius 3 is 2.74 bits per heavy atom. The van der Waals surface area contributed by atoms with E-state index in [0.717, 1.165) is 29.7 Å². The second-order valence-corrected chi connectivity index (χ2v) is 6.79. The van der Waals surface area contributed by atoms with Crippen LogP contribution in [0.15, 0.2) is 28.7 Å². The number of hydrogen-bond donors (Lipinski definition) is 0. The van der Waals surface area contributed by atoms with E-state index in [4.69, 9.17) is 0 Å². The van der Waals surface area contributed by atoms with Crippen LogP contribution in [0.4, 0.5) is 0 Å². The zero-order valence-corrected chi connectivity index (χ0v) is 13.4. The van der Waals surface area contributed by atoms with E-state index in [9.17, 15) is 4.79 Å². The molecule has 19 heavy (non-hydrogen) atoms. The first kappa shape index (κ1) is 14.7. The van der Waals surface area contributed by atoms with E-state index in [1.54, 1.807) is 0 Å². The van der Waals surface area contributed by atoms with Crippen molar-refractivity contribution < 1.29 is 4.79 Å². The van der Waals surface area contributed by atoms with E-state index in [2.05, 4.69) is 46.6 Å². The molecule has 1 aromatic carbocycles. The Labute approximate surface area is 123 Å². The Morgan fingerprint density at radius 1 is 1.37 bits per heavy atom. The fourth-order valence-electron chi connectivity index (χ4n) is 2.43. The van der Waals surface area contributed by atoms with Gasteiger partial charge in [-0.3, -0.25) is 14.6 Å². The summed E-state index contributed by atoms with van der Waals surface area (Å²) in [7, 11) is 2.15. The number of nitrogens with zero attached hydrogens (tertiary/aromatic N) is 2. The van der Waals surface area contributed by atoms with E-state index in [1.807, 2.05) is 24.3 Å². The second kappa shape index (κ2) is 5.73. The van der Waals surface area contributed by atoms with Crippen molar-refractivity contribution in [2.75, 3.05) is 33.2 Å². The van der Waals surface area contributed by atoms with Crippen LogP contribution in [-0.4, -0.2) is 54.3 Å². The van der Waals surface area contributed by atoms with E-state index in [-0.39, 0.29) is 11.3 Å². The van der Waals surface area contributed by atoms with Crippen molar-refractivity contribution >= 4 is 21.7 Å². The third-order valence-corrected chi connectivity index (χ3v) is 4.40. The Bertz CT molecular complexity index is 473. The average molecular weight is 325 g/mol. The molecule has 0 radical (unpaired) electrons. The quantitative estimate of drug-likeness (QED) is 0.799. The molecular formula is C15H21BrN2O. The molecule has 1 saturated heterocycles. The standard InChI is InChI=1S/C15H21BrN2O/c1-15(2)11-18(8-7-17(15)3)10-14(19)12-5-4-6-13(16)9-12/h4-6,9H,7-8,10-11H2,1-3H3. The van der Waals surface area contributed by atoms with Gasteiger partial charge in [0.1, 0.15) is 0 Å². The predicted molar refractivity (Wildman–Crippen MR) is 81.6 cm³/mol. The maximum atomic E-state index is 12.3. The molecule has 0 aliphatic carbocycles. The molecule has 0 N–H and O–H groups in total. The number of carbonyl (C=O) groups is 1. The lowest BCUT2D eigenvalue weighted by molar-refractivity contribution is 0.0390. The van der Waals surface area contributed by atoms with Crippen molar-refractivity contribution in [3.8, 4) is 0 Å². The molecule has 0 amide bonds. The summed E-state index contributed by atoms with van der Waals surface area (Å²) in [5.74, 6) is 0.196. The molecule has 4 heteroatoms. The summed E-state index contributed by atoms with van der Waals surface area (Å²) < 4.78 is 0.956. The fraction of sp³-hybridized carbons (Fsp3) is 0.533. The van der Waals surface area contributed by atoms with Gasteiger partial charge in [0, 0.05) is 35.2 Å². The maximum absolute atomic E-state index is 12.3. The van der Waals surface area contributed by atoms with E-state index < -0.39 is 0 Å². The molecule has 1 heterocycles. The summed E-state index contributed by atoms with van der Waals surface area (Å²) in [4.78, 5) is 16.9. The normalized spacial score (nSPS) is 20.4. The molecule has 0 spiro atoms. The smallest absolute Gasteiger partial charge is 0.176 e. The predicted octanol–water partition coefficient (Wildman–Crippen LogP) is 2.66. The Kier molecular flexibility index (Phi) is 4.43. The van der Waals surface area contributed by atoms with Crippen LogP contribution >= 0.6 is 15.9 Å². The second-order valence-electron chi connectivity index (χ2n) is 5.88. The largest absolute Gasteiger partial charge is 0.299 e. The number of benzene rings is 1. The van der Waals surface area contributed by atoms with Crippen LogP contribution in [0.2, 0.25) is 0 Å². The highest BCUT2D eigenvalue weighted by Gasteiger charge is 2.31. The first-order chi connectivity index (χ1) is 8.88. The number of piperazine rings is 1. The Balaban J connectivity index is 2.00. The first-order valence-corrected chi connectivity index (χ1v) is 7.40. The highest BCUT2D eigenvalue weighted by atomic mass is 79.9. The minimum Gasteiger partial charge on any atom is -0.299 e. The number of likely N-dealkylation sites (N-methyl/N-ethyl adjacent to an activating group) is 1. The summed E-state index contributed by atoms with van der Waals surface area (Å²) >= 11 is 3.41. The van der Waals surface area contributed by atoms with Gasteiger partial charge in [-0.2, -0.15) is 0 Å². The molecule has 0 unspecified atom stereocenters. The van der Waals surface area contributed by atoms with E-state index in [1.165, 1.54) is 0 Å². The maximum Gasteiger partial charge on any atom is 0.176 e. The minimum absolute atomic E-state index is 0.135. The number of carbonyl (C=O) groups excluding carboxylic acids is 1. The van der Waals surface area contributed by atoms with Gasteiger partial charge in [0.25, 0.3) is 0 Å². The highest BCUT2D eigenvalue weighted by molar-refractivity contribution is 9.10. The van der Waals surface area contributed by atoms with Crippen LogP contribution in [0.3, 0.4) is 0 Å². The molecule has 3 nitrogen and oxygen atoms in total. The van der Waals surface area contributed by atoms with Gasteiger partial charge >= 0.3 is 0 Å². The molecule has 0 bridgehead atoms. The van der Waals surface area contributed by atoms with Crippen molar-refractivity contribution in [2.24, 2.45) is 0 Å². The van der Waals surface area contributed by atoms with Crippen LogP contribution in [0.5, 0.6) is 0 Å². The van der Waals surface area contributed by atoms with Gasteiger partial charge in [-0.25, -0.2) is 0 Å². The van der Waals surface area contributed by atoms with Gasteiger partial charge in [0.05, 0.1) is 6.54 Å². The number of ketones is 1. The van der Waals surface area contributed by atoms with E-state index >= 15 is 0 Å². The summed E-state index contributed by atoms with van der Waals surface area (Å²) in [5, 5.41) is 0. The zero-order chi connectivity index (χ0) is 14.0. The van der Waals surface area contributed by atoms with Crippen LogP contribution in [-0.2, 0) is 0 Å². The van der Waals surface area contributed by atoms with Gasteiger partial charge < -0.3 is 0 Å². The molecular weight excluding hydrogens is 304 g/mol. The lowest BCUT2D eigenvalue weighted by Crippen LogP contribution is -2.58. The summed E-state index contributed by atoms with van der Waals surface area (Å²) in [6, 6.07) is 7.62. The van der Waals surface area contributed by atoms with Crippen molar-refractivity contribution in [1.29, 1.82) is 0 Å². The molecule has 0 saturated carbocycles. The fourth-order valence-corrected chi connectivity index (χ4v) is 2.83. The van der Waals surface area contributed by atoms with Gasteiger partial charge in [0.2, 0.25) is 0 Å². The molecule has 2 rings (SSSR count). The summed E-state index contributed by atoms with van der Waals surface area (Å²) in [5.41, 5.74) is 0.918. The van der Waals surface area contributed by atoms with Crippen LogP contribution in [0.1, 0.15) is 24.2 Å². The lowest BCUT2D eigenvalue weighted by Gasteiger charge is -2.45. The highest BCUT2D eigenvalue weighted by Crippen LogP contribution is 2.19. The molecule has 1 fully saturated rings. The van der Waals surface area contributed by atoms with Crippen molar-refractivity contribution in [3.05, 3.63) is 34.3 Å². The molecule has 1 aliphatic heterocycles. The van der Waals surface area contributed by atoms with Gasteiger partial charge in [-0.05, 0) is 33.0 Å². The number of Topliss-reactive ketones (excluding diaryl/α,β-unsaturated/α-hetero) is 1. The number of hydrogen-bond acceptors (Lipinski definition) is 3. The Hall–Kier alpha value is -0.710. The van der Waals surface area contributed by atoms with Crippen LogP contribution in [0.25, 0.3) is 0 Å². The minimum atomic E-state index is 0.135. The topological polar surface area (TPSA) is 23.6 Å². The third-order valence-electron chi connectivity index (χ3n) is 3.91. The molecule has 0 aromatic heterocycles.